The Balaban J connectivity index is 2.43. The Labute approximate surface area is 144 Å². The molecule has 0 amide bonds. The predicted octanol–water partition coefficient (Wildman–Crippen LogP) is 4.10. The molecule has 0 fully saturated rings. The molecule has 11 heteroatoms. The van der Waals surface area contributed by atoms with Crippen LogP contribution in [0.25, 0.3) is 0 Å². The lowest BCUT2D eigenvalue weighted by Crippen LogP contribution is -2.23. The summed E-state index contributed by atoms with van der Waals surface area (Å²) >= 11 is 0. The van der Waals surface area contributed by atoms with Crippen LogP contribution in [-0.2, 0) is 16.2 Å². The maximum Gasteiger partial charge on any atom is 0.418 e. The SMILES string of the molecule is O=S(=O)(Nc1ccccc1C(O)C(F)(F)F)c1cccc(C(F)(F)F)c1. The summed E-state index contributed by atoms with van der Waals surface area (Å²) in [6, 6.07) is 6.88. The molecule has 0 aliphatic rings. The van der Waals surface area contributed by atoms with Gasteiger partial charge in [-0.15, -0.1) is 0 Å². The fraction of sp³-hybridized carbons (Fsp3) is 0.200. The highest BCUT2D eigenvalue weighted by atomic mass is 32.2. The van der Waals surface area contributed by atoms with E-state index in [-0.39, 0.29) is 0 Å². The second-order valence-electron chi connectivity index (χ2n) is 5.16. The van der Waals surface area contributed by atoms with Crippen LogP contribution in [0, 0.1) is 0 Å². The number of benzene rings is 2. The highest BCUT2D eigenvalue weighted by molar-refractivity contribution is 7.92. The van der Waals surface area contributed by atoms with E-state index in [2.05, 4.69) is 0 Å². The normalized spacial score (nSPS) is 14.1. The number of hydrogen-bond donors (Lipinski definition) is 2. The van der Waals surface area contributed by atoms with E-state index in [1.165, 1.54) is 6.07 Å². The van der Waals surface area contributed by atoms with E-state index >= 15 is 0 Å². The van der Waals surface area contributed by atoms with E-state index in [0.29, 0.717) is 12.1 Å². The minimum atomic E-state index is -5.06. The lowest BCUT2D eigenvalue weighted by molar-refractivity contribution is -0.206. The van der Waals surface area contributed by atoms with Crippen molar-refractivity contribution >= 4 is 15.7 Å². The van der Waals surface area contributed by atoms with Gasteiger partial charge in [-0.25, -0.2) is 8.42 Å². The Kier molecular flexibility index (Phi) is 5.24. The van der Waals surface area contributed by atoms with Crippen LogP contribution in [0.3, 0.4) is 0 Å². The summed E-state index contributed by atoms with van der Waals surface area (Å²) in [6.45, 7) is 0. The standard InChI is InChI=1S/C15H11F6NO3S/c16-14(17,18)9-4-3-5-10(8-9)26(24,25)22-12-7-2-1-6-11(12)13(23)15(19,20)21/h1-8,13,22-23H. The van der Waals surface area contributed by atoms with E-state index in [9.17, 15) is 39.9 Å². The van der Waals surface area contributed by atoms with E-state index in [0.717, 1.165) is 30.3 Å². The minimum absolute atomic E-state index is 0.352. The molecule has 0 heterocycles. The summed E-state index contributed by atoms with van der Waals surface area (Å²) in [4.78, 5) is -0.788. The average molecular weight is 399 g/mol. The van der Waals surface area contributed by atoms with Crippen LogP contribution in [0.4, 0.5) is 32.0 Å². The average Bonchev–Trinajstić information content (AvgIpc) is 2.53. The maximum atomic E-state index is 12.7. The third-order valence-electron chi connectivity index (χ3n) is 3.28. The van der Waals surface area contributed by atoms with Crippen molar-refractivity contribution in [3.63, 3.8) is 0 Å². The quantitative estimate of drug-likeness (QED) is 0.761. The van der Waals surface area contributed by atoms with Crippen LogP contribution < -0.4 is 4.72 Å². The van der Waals surface area contributed by atoms with Crippen molar-refractivity contribution in [1.29, 1.82) is 0 Å². The molecule has 2 aromatic rings. The second-order valence-corrected chi connectivity index (χ2v) is 6.84. The Morgan fingerprint density at radius 1 is 0.923 bits per heavy atom. The van der Waals surface area contributed by atoms with Crippen LogP contribution >= 0.6 is 0 Å². The maximum absolute atomic E-state index is 12.7. The molecule has 2 aromatic carbocycles. The molecule has 0 spiro atoms. The first kappa shape index (κ1) is 20.0. The van der Waals surface area contributed by atoms with Crippen LogP contribution in [0.1, 0.15) is 17.2 Å². The molecular weight excluding hydrogens is 388 g/mol. The van der Waals surface area contributed by atoms with Crippen molar-refractivity contribution in [2.45, 2.75) is 23.4 Å². The van der Waals surface area contributed by atoms with Gasteiger partial charge in [0.2, 0.25) is 0 Å². The van der Waals surface area contributed by atoms with E-state index in [1.54, 1.807) is 4.72 Å². The number of hydrogen-bond acceptors (Lipinski definition) is 3. The van der Waals surface area contributed by atoms with Gasteiger partial charge >= 0.3 is 12.4 Å². The molecule has 1 atom stereocenters. The zero-order chi connectivity index (χ0) is 19.8. The van der Waals surface area contributed by atoms with Crippen molar-refractivity contribution in [3.8, 4) is 0 Å². The lowest BCUT2D eigenvalue weighted by Gasteiger charge is -2.19. The van der Waals surface area contributed by atoms with Crippen LogP contribution in [-0.4, -0.2) is 19.7 Å². The third-order valence-corrected chi connectivity index (χ3v) is 4.64. The summed E-state index contributed by atoms with van der Waals surface area (Å²) in [5.41, 5.74) is -2.62. The smallest absolute Gasteiger partial charge is 0.379 e. The molecule has 0 bridgehead atoms. The van der Waals surface area contributed by atoms with Gasteiger partial charge in [-0.2, -0.15) is 26.3 Å². The van der Waals surface area contributed by atoms with Gasteiger partial charge in [0.15, 0.2) is 6.10 Å². The fourth-order valence-corrected chi connectivity index (χ4v) is 3.18. The molecule has 0 saturated carbocycles. The number of aliphatic hydroxyl groups excluding tert-OH is 1. The molecule has 2 rings (SSSR count). The van der Waals surface area contributed by atoms with Crippen LogP contribution in [0.5, 0.6) is 0 Å². The molecule has 2 N–H and O–H groups in total. The highest BCUT2D eigenvalue weighted by Gasteiger charge is 2.41. The molecule has 0 aromatic heterocycles. The van der Waals surface area contributed by atoms with Crippen molar-refractivity contribution in [3.05, 3.63) is 59.7 Å². The molecule has 0 aliphatic carbocycles. The van der Waals surface area contributed by atoms with E-state index < -0.39 is 50.2 Å². The highest BCUT2D eigenvalue weighted by Crippen LogP contribution is 2.37. The number of rotatable bonds is 4. The van der Waals surface area contributed by atoms with Gasteiger partial charge in [0.25, 0.3) is 10.0 Å². The van der Waals surface area contributed by atoms with Crippen molar-refractivity contribution in [1.82, 2.24) is 0 Å². The molecule has 4 nitrogen and oxygen atoms in total. The van der Waals surface area contributed by atoms with Gasteiger partial charge in [-0.05, 0) is 24.3 Å². The number of anilines is 1. The van der Waals surface area contributed by atoms with Gasteiger partial charge in [-0.1, -0.05) is 24.3 Å². The van der Waals surface area contributed by atoms with Gasteiger partial charge < -0.3 is 5.11 Å². The Hall–Kier alpha value is -2.27. The minimum Gasteiger partial charge on any atom is -0.379 e. The van der Waals surface area contributed by atoms with E-state index in [1.807, 2.05) is 0 Å². The monoisotopic (exact) mass is 399 g/mol. The van der Waals surface area contributed by atoms with Crippen LogP contribution in [0.2, 0.25) is 0 Å². The number of para-hydroxylation sites is 1. The number of aliphatic hydroxyl groups is 1. The first-order chi connectivity index (χ1) is 11.8. The molecule has 0 radical (unpaired) electrons. The third kappa shape index (κ3) is 4.47. The van der Waals surface area contributed by atoms with Crippen LogP contribution in [0.15, 0.2) is 53.4 Å². The fourth-order valence-electron chi connectivity index (χ4n) is 2.05. The van der Waals surface area contributed by atoms with Crippen molar-refractivity contribution in [2.75, 3.05) is 4.72 Å². The first-order valence-electron chi connectivity index (χ1n) is 6.86. The Morgan fingerprint density at radius 3 is 2.12 bits per heavy atom. The molecule has 26 heavy (non-hydrogen) atoms. The number of alkyl halides is 6. The van der Waals surface area contributed by atoms with Gasteiger partial charge in [0.05, 0.1) is 16.1 Å². The largest absolute Gasteiger partial charge is 0.418 e. The number of halogens is 6. The topological polar surface area (TPSA) is 66.4 Å². The first-order valence-corrected chi connectivity index (χ1v) is 8.34. The predicted molar refractivity (Wildman–Crippen MR) is 79.7 cm³/mol. The Bertz CT molecular complexity index is 893. The summed E-state index contributed by atoms with van der Waals surface area (Å²) in [5, 5.41) is 9.35. The molecule has 1 unspecified atom stereocenters. The molecule has 0 aliphatic heterocycles. The molecular formula is C15H11F6NO3S. The second kappa shape index (κ2) is 6.80. The van der Waals surface area contributed by atoms with E-state index in [4.69, 9.17) is 0 Å². The summed E-state index contributed by atoms with van der Waals surface area (Å²) < 4.78 is 103. The van der Waals surface area contributed by atoms with Crippen molar-refractivity contribution in [2.24, 2.45) is 0 Å². The number of nitrogens with one attached hydrogen (secondary N) is 1. The van der Waals surface area contributed by atoms with Crippen molar-refractivity contribution < 1.29 is 39.9 Å². The number of sulfonamides is 1. The van der Waals surface area contributed by atoms with Gasteiger partial charge in [0.1, 0.15) is 0 Å². The lowest BCUT2D eigenvalue weighted by atomic mass is 10.1. The Morgan fingerprint density at radius 2 is 1.54 bits per heavy atom. The summed E-state index contributed by atoms with van der Waals surface area (Å²) in [5.74, 6) is 0. The summed E-state index contributed by atoms with van der Waals surface area (Å²) in [6.07, 6.45) is -12.8. The zero-order valence-electron chi connectivity index (χ0n) is 12.6. The molecule has 0 saturated heterocycles. The zero-order valence-corrected chi connectivity index (χ0v) is 13.5. The molecule has 142 valence electrons. The van der Waals surface area contributed by atoms with Gasteiger partial charge in [0, 0.05) is 5.56 Å². The van der Waals surface area contributed by atoms with Gasteiger partial charge in [-0.3, -0.25) is 4.72 Å². The summed E-state index contributed by atoms with van der Waals surface area (Å²) in [7, 11) is -4.63.